The molecule has 5 heteroatoms. The second-order valence-electron chi connectivity index (χ2n) is 5.73. The molecule has 1 heterocycles. The molecule has 1 aliphatic rings. The van der Waals surface area contributed by atoms with E-state index in [0.717, 1.165) is 44.6 Å². The minimum atomic E-state index is -4.27. The van der Waals surface area contributed by atoms with Gasteiger partial charge in [-0.05, 0) is 50.1 Å². The van der Waals surface area contributed by atoms with E-state index in [1.165, 1.54) is 12.1 Å². The van der Waals surface area contributed by atoms with Crippen molar-refractivity contribution in [2.75, 3.05) is 24.5 Å². The maximum absolute atomic E-state index is 12.6. The van der Waals surface area contributed by atoms with Crippen molar-refractivity contribution >= 4 is 5.69 Å². The van der Waals surface area contributed by atoms with Crippen LogP contribution in [0.4, 0.5) is 18.9 Å². The maximum atomic E-state index is 12.6. The van der Waals surface area contributed by atoms with Gasteiger partial charge in [0, 0.05) is 24.3 Å². The standard InChI is InChI=1S/C16H23F3N2/c1-3-15(4-2)12-21(11-5-10-20-15)14-8-6-13(7-9-14)16(17,18)19/h6-9,20H,3-5,10-12H2,1-2H3. The van der Waals surface area contributed by atoms with Gasteiger partial charge in [-0.1, -0.05) is 13.8 Å². The van der Waals surface area contributed by atoms with Crippen molar-refractivity contribution in [3.8, 4) is 0 Å². The Morgan fingerprint density at radius 3 is 2.29 bits per heavy atom. The second kappa shape index (κ2) is 6.26. The van der Waals surface area contributed by atoms with Gasteiger partial charge in [0.2, 0.25) is 0 Å². The lowest BCUT2D eigenvalue weighted by atomic mass is 9.92. The van der Waals surface area contributed by atoms with Gasteiger partial charge in [-0.25, -0.2) is 0 Å². The highest BCUT2D eigenvalue weighted by Crippen LogP contribution is 2.31. The fourth-order valence-electron chi connectivity index (χ4n) is 2.93. The molecule has 2 rings (SSSR count). The molecule has 0 saturated carbocycles. The average Bonchev–Trinajstić information content (AvgIpc) is 2.70. The molecule has 1 N–H and O–H groups in total. The molecule has 1 aromatic carbocycles. The van der Waals surface area contributed by atoms with Gasteiger partial charge in [0.05, 0.1) is 5.56 Å². The molecule has 0 bridgehead atoms. The van der Waals surface area contributed by atoms with Gasteiger partial charge >= 0.3 is 6.18 Å². The lowest BCUT2D eigenvalue weighted by Crippen LogP contribution is -2.50. The van der Waals surface area contributed by atoms with Crippen molar-refractivity contribution in [2.45, 2.75) is 44.8 Å². The summed E-state index contributed by atoms with van der Waals surface area (Å²) in [5.74, 6) is 0. The number of benzene rings is 1. The number of nitrogens with one attached hydrogen (secondary N) is 1. The topological polar surface area (TPSA) is 15.3 Å². The first-order valence-corrected chi connectivity index (χ1v) is 7.57. The molecule has 1 aromatic rings. The Hall–Kier alpha value is -1.23. The molecule has 0 aliphatic carbocycles. The molecule has 0 unspecified atom stereocenters. The summed E-state index contributed by atoms with van der Waals surface area (Å²) in [5, 5.41) is 3.61. The number of anilines is 1. The molecule has 2 nitrogen and oxygen atoms in total. The van der Waals surface area contributed by atoms with Crippen LogP contribution in [0.25, 0.3) is 0 Å². The molecule has 1 aliphatic heterocycles. The number of hydrogen-bond acceptors (Lipinski definition) is 2. The number of hydrogen-bond donors (Lipinski definition) is 1. The van der Waals surface area contributed by atoms with Gasteiger partial charge in [0.25, 0.3) is 0 Å². The molecule has 0 spiro atoms. The van der Waals surface area contributed by atoms with Crippen LogP contribution in [-0.4, -0.2) is 25.2 Å². The fraction of sp³-hybridized carbons (Fsp3) is 0.625. The van der Waals surface area contributed by atoms with Crippen LogP contribution in [0.3, 0.4) is 0 Å². The highest BCUT2D eigenvalue weighted by Gasteiger charge is 2.32. The van der Waals surface area contributed by atoms with E-state index >= 15 is 0 Å². The van der Waals surface area contributed by atoms with E-state index in [0.29, 0.717) is 0 Å². The number of halogens is 3. The quantitative estimate of drug-likeness (QED) is 0.905. The van der Waals surface area contributed by atoms with E-state index in [4.69, 9.17) is 0 Å². The molecular weight excluding hydrogens is 277 g/mol. The van der Waals surface area contributed by atoms with Crippen molar-refractivity contribution in [1.29, 1.82) is 0 Å². The number of rotatable bonds is 3. The molecular formula is C16H23F3N2. The molecule has 0 atom stereocenters. The zero-order chi connectivity index (χ0) is 15.5. The Kier molecular flexibility index (Phi) is 4.81. The smallest absolute Gasteiger partial charge is 0.370 e. The Morgan fingerprint density at radius 1 is 1.14 bits per heavy atom. The van der Waals surface area contributed by atoms with E-state index in [1.54, 1.807) is 12.1 Å². The van der Waals surface area contributed by atoms with Gasteiger partial charge in [0.15, 0.2) is 0 Å². The van der Waals surface area contributed by atoms with Crippen LogP contribution in [0.1, 0.15) is 38.7 Å². The summed E-state index contributed by atoms with van der Waals surface area (Å²) in [6.07, 6.45) is -1.24. The van der Waals surface area contributed by atoms with Crippen molar-refractivity contribution in [3.05, 3.63) is 29.8 Å². The van der Waals surface area contributed by atoms with Gasteiger partial charge in [0.1, 0.15) is 0 Å². The summed E-state index contributed by atoms with van der Waals surface area (Å²) >= 11 is 0. The van der Waals surface area contributed by atoms with E-state index in [-0.39, 0.29) is 5.54 Å². The number of nitrogens with zero attached hydrogens (tertiary/aromatic N) is 1. The summed E-state index contributed by atoms with van der Waals surface area (Å²) in [4.78, 5) is 2.20. The summed E-state index contributed by atoms with van der Waals surface area (Å²) in [6.45, 7) is 6.99. The van der Waals surface area contributed by atoms with Gasteiger partial charge in [-0.2, -0.15) is 13.2 Å². The molecule has 1 fully saturated rings. The van der Waals surface area contributed by atoms with Crippen molar-refractivity contribution in [3.63, 3.8) is 0 Å². The van der Waals surface area contributed by atoms with Crippen LogP contribution in [-0.2, 0) is 6.18 Å². The lowest BCUT2D eigenvalue weighted by molar-refractivity contribution is -0.137. The highest BCUT2D eigenvalue weighted by molar-refractivity contribution is 5.48. The van der Waals surface area contributed by atoms with Crippen LogP contribution in [0.2, 0.25) is 0 Å². The Morgan fingerprint density at radius 2 is 1.76 bits per heavy atom. The molecule has 21 heavy (non-hydrogen) atoms. The van der Waals surface area contributed by atoms with Crippen LogP contribution >= 0.6 is 0 Å². The van der Waals surface area contributed by atoms with E-state index < -0.39 is 11.7 Å². The van der Waals surface area contributed by atoms with Crippen LogP contribution in [0, 0.1) is 0 Å². The summed E-state index contributed by atoms with van der Waals surface area (Å²) < 4.78 is 37.9. The predicted molar refractivity (Wildman–Crippen MR) is 79.6 cm³/mol. The van der Waals surface area contributed by atoms with Crippen molar-refractivity contribution in [1.82, 2.24) is 5.32 Å². The molecule has 0 amide bonds. The SMILES string of the molecule is CCC1(CC)CN(c2ccc(C(F)(F)F)cc2)CCCN1. The Labute approximate surface area is 124 Å². The van der Waals surface area contributed by atoms with E-state index in [2.05, 4.69) is 24.1 Å². The zero-order valence-electron chi connectivity index (χ0n) is 12.6. The Balaban J connectivity index is 2.20. The van der Waals surface area contributed by atoms with Gasteiger partial charge < -0.3 is 10.2 Å². The lowest BCUT2D eigenvalue weighted by Gasteiger charge is -2.36. The van der Waals surface area contributed by atoms with E-state index in [1.807, 2.05) is 0 Å². The minimum absolute atomic E-state index is 0.0548. The van der Waals surface area contributed by atoms with Crippen LogP contribution in [0.5, 0.6) is 0 Å². The van der Waals surface area contributed by atoms with E-state index in [9.17, 15) is 13.2 Å². The average molecular weight is 300 g/mol. The normalized spacial score (nSPS) is 19.4. The maximum Gasteiger partial charge on any atom is 0.416 e. The van der Waals surface area contributed by atoms with Crippen LogP contribution in [0.15, 0.2) is 24.3 Å². The third-order valence-electron chi connectivity index (χ3n) is 4.51. The largest absolute Gasteiger partial charge is 0.416 e. The molecule has 0 aromatic heterocycles. The minimum Gasteiger partial charge on any atom is -0.370 e. The third kappa shape index (κ3) is 3.70. The first-order chi connectivity index (χ1) is 9.90. The molecule has 1 saturated heterocycles. The first-order valence-electron chi connectivity index (χ1n) is 7.57. The summed E-state index contributed by atoms with van der Waals surface area (Å²) in [6, 6.07) is 5.52. The monoisotopic (exact) mass is 300 g/mol. The second-order valence-corrected chi connectivity index (χ2v) is 5.73. The summed E-state index contributed by atoms with van der Waals surface area (Å²) in [5.41, 5.74) is 0.341. The third-order valence-corrected chi connectivity index (χ3v) is 4.51. The summed E-state index contributed by atoms with van der Waals surface area (Å²) in [7, 11) is 0. The zero-order valence-corrected chi connectivity index (χ0v) is 12.6. The van der Waals surface area contributed by atoms with Gasteiger partial charge in [-0.3, -0.25) is 0 Å². The van der Waals surface area contributed by atoms with Crippen molar-refractivity contribution in [2.24, 2.45) is 0 Å². The number of alkyl halides is 3. The van der Waals surface area contributed by atoms with Crippen molar-refractivity contribution < 1.29 is 13.2 Å². The van der Waals surface area contributed by atoms with Gasteiger partial charge in [-0.15, -0.1) is 0 Å². The fourth-order valence-corrected chi connectivity index (χ4v) is 2.93. The first kappa shape index (κ1) is 16.1. The molecule has 0 radical (unpaired) electrons. The predicted octanol–water partition coefficient (Wildman–Crippen LogP) is 4.06. The highest BCUT2D eigenvalue weighted by atomic mass is 19.4. The van der Waals surface area contributed by atoms with Crippen LogP contribution < -0.4 is 10.2 Å². The molecule has 118 valence electrons. The Bertz CT molecular complexity index is 450.